The van der Waals surface area contributed by atoms with Gasteiger partial charge in [-0.2, -0.15) is 0 Å². The van der Waals surface area contributed by atoms with Crippen LogP contribution in [-0.2, 0) is 9.59 Å². The van der Waals surface area contributed by atoms with Gasteiger partial charge in [0.2, 0.25) is 0 Å². The summed E-state index contributed by atoms with van der Waals surface area (Å²) in [6.45, 7) is 7.22. The Bertz CT molecular complexity index is 509. The van der Waals surface area contributed by atoms with Crippen LogP contribution in [0.15, 0.2) is 41.4 Å². The van der Waals surface area contributed by atoms with Gasteiger partial charge in [-0.25, -0.2) is 9.59 Å². The largest absolute Gasteiger partial charge is 0.479 e. The van der Waals surface area contributed by atoms with E-state index in [1.165, 1.54) is 12.3 Å². The van der Waals surface area contributed by atoms with Crippen LogP contribution < -0.4 is 0 Å². The molecule has 1 aliphatic heterocycles. The van der Waals surface area contributed by atoms with Gasteiger partial charge in [-0.3, -0.25) is 4.99 Å². The fourth-order valence-corrected chi connectivity index (χ4v) is 2.64. The Hall–Kier alpha value is -1.88. The summed E-state index contributed by atoms with van der Waals surface area (Å²) in [7, 11) is 0. The number of rotatable bonds is 7. The molecule has 5 nitrogen and oxygen atoms in total. The van der Waals surface area contributed by atoms with E-state index < -0.39 is 23.4 Å². The standard InChI is InChI=1S/C14H16ClNO4/c1-3-5-9-10(12(17)18)11(13(19)20)16-8-14(9,7-15)6-4-2/h3-4,8,11H,1-2,5-7H2,(H,17,18)(H,19,20). The number of aliphatic imine (C=N–C) groups is 1. The van der Waals surface area contributed by atoms with E-state index in [4.69, 9.17) is 16.7 Å². The monoisotopic (exact) mass is 297 g/mol. The summed E-state index contributed by atoms with van der Waals surface area (Å²) in [6.07, 6.45) is 5.19. The molecule has 108 valence electrons. The summed E-state index contributed by atoms with van der Waals surface area (Å²) >= 11 is 6.00. The maximum atomic E-state index is 11.5. The molecule has 2 unspecified atom stereocenters. The molecule has 1 rings (SSSR count). The van der Waals surface area contributed by atoms with Crippen molar-refractivity contribution in [1.82, 2.24) is 0 Å². The average Bonchev–Trinajstić information content (AvgIpc) is 2.40. The molecule has 0 aliphatic carbocycles. The lowest BCUT2D eigenvalue weighted by Crippen LogP contribution is -2.39. The zero-order valence-corrected chi connectivity index (χ0v) is 11.6. The van der Waals surface area contributed by atoms with Crippen LogP contribution in [0.5, 0.6) is 0 Å². The lowest BCUT2D eigenvalue weighted by molar-refractivity contribution is -0.141. The Morgan fingerprint density at radius 3 is 2.45 bits per heavy atom. The first kappa shape index (κ1) is 16.2. The molecule has 1 aliphatic rings. The molecule has 0 fully saturated rings. The fourth-order valence-electron chi connectivity index (χ4n) is 2.30. The van der Waals surface area contributed by atoms with E-state index in [1.807, 2.05) is 0 Å². The summed E-state index contributed by atoms with van der Waals surface area (Å²) in [6, 6.07) is -1.41. The van der Waals surface area contributed by atoms with Crippen molar-refractivity contribution in [3.05, 3.63) is 36.5 Å². The Morgan fingerprint density at radius 2 is 2.05 bits per heavy atom. The first-order valence-electron chi connectivity index (χ1n) is 5.95. The number of allylic oxidation sites excluding steroid dienone is 3. The minimum absolute atomic E-state index is 0.0921. The van der Waals surface area contributed by atoms with Crippen LogP contribution in [0.1, 0.15) is 12.8 Å². The zero-order valence-electron chi connectivity index (χ0n) is 10.9. The highest BCUT2D eigenvalue weighted by Crippen LogP contribution is 2.40. The Kier molecular flexibility index (Phi) is 5.27. The lowest BCUT2D eigenvalue weighted by atomic mass is 9.73. The minimum Gasteiger partial charge on any atom is -0.479 e. The third-order valence-electron chi connectivity index (χ3n) is 3.23. The van der Waals surface area contributed by atoms with Crippen molar-refractivity contribution in [3.8, 4) is 0 Å². The molecular weight excluding hydrogens is 282 g/mol. The molecule has 1 heterocycles. The molecule has 0 saturated carbocycles. The van der Waals surface area contributed by atoms with Crippen LogP contribution in [0.2, 0.25) is 0 Å². The maximum Gasteiger partial charge on any atom is 0.334 e. The quantitative estimate of drug-likeness (QED) is 0.557. The topological polar surface area (TPSA) is 87.0 Å². The number of aliphatic carboxylic acids is 2. The van der Waals surface area contributed by atoms with Gasteiger partial charge in [0.05, 0.1) is 5.57 Å². The van der Waals surface area contributed by atoms with E-state index in [1.54, 1.807) is 6.08 Å². The highest BCUT2D eigenvalue weighted by atomic mass is 35.5. The van der Waals surface area contributed by atoms with Crippen molar-refractivity contribution in [3.63, 3.8) is 0 Å². The Balaban J connectivity index is 3.54. The van der Waals surface area contributed by atoms with Crippen LogP contribution in [0, 0.1) is 5.41 Å². The second kappa shape index (κ2) is 6.52. The highest BCUT2D eigenvalue weighted by molar-refractivity contribution is 6.20. The molecule has 6 heteroatoms. The van der Waals surface area contributed by atoms with Gasteiger partial charge in [0.25, 0.3) is 0 Å². The summed E-state index contributed by atoms with van der Waals surface area (Å²) in [5, 5.41) is 18.5. The van der Waals surface area contributed by atoms with Gasteiger partial charge in [-0.15, -0.1) is 24.8 Å². The van der Waals surface area contributed by atoms with Crippen LogP contribution in [0.25, 0.3) is 0 Å². The molecule has 2 N–H and O–H groups in total. The van der Waals surface area contributed by atoms with E-state index in [0.29, 0.717) is 12.0 Å². The van der Waals surface area contributed by atoms with E-state index in [0.717, 1.165) is 0 Å². The molecule has 20 heavy (non-hydrogen) atoms. The molecular formula is C14H16ClNO4. The molecule has 0 aromatic heterocycles. The van der Waals surface area contributed by atoms with Gasteiger partial charge < -0.3 is 10.2 Å². The molecule has 0 aromatic rings. The number of dihydropyridines is 1. The van der Waals surface area contributed by atoms with E-state index in [2.05, 4.69) is 18.2 Å². The maximum absolute atomic E-state index is 11.5. The number of carbonyl (C=O) groups is 2. The first-order valence-corrected chi connectivity index (χ1v) is 6.48. The van der Waals surface area contributed by atoms with E-state index in [-0.39, 0.29) is 17.9 Å². The van der Waals surface area contributed by atoms with Crippen LogP contribution in [-0.4, -0.2) is 40.3 Å². The number of hydrogen-bond acceptors (Lipinski definition) is 3. The predicted octanol–water partition coefficient (Wildman–Crippen LogP) is 2.28. The molecule has 0 aromatic carbocycles. The van der Waals surface area contributed by atoms with Crippen LogP contribution >= 0.6 is 11.6 Å². The summed E-state index contributed by atoms with van der Waals surface area (Å²) in [4.78, 5) is 26.5. The number of nitrogens with zero attached hydrogens (tertiary/aromatic N) is 1. The number of carboxylic acid groups (broad SMARTS) is 2. The molecule has 2 atom stereocenters. The SMILES string of the molecule is C=CCC1=C(C(=O)O)C(C(=O)O)N=CC1(CCl)CC=C. The number of alkyl halides is 1. The molecule has 0 bridgehead atoms. The summed E-state index contributed by atoms with van der Waals surface area (Å²) < 4.78 is 0. The van der Waals surface area contributed by atoms with Gasteiger partial charge in [0.1, 0.15) is 0 Å². The number of halogens is 1. The van der Waals surface area contributed by atoms with Gasteiger partial charge in [0.15, 0.2) is 6.04 Å². The van der Waals surface area contributed by atoms with Crippen molar-refractivity contribution < 1.29 is 19.8 Å². The minimum atomic E-state index is -1.41. The number of carboxylic acids is 2. The van der Waals surface area contributed by atoms with Gasteiger partial charge in [-0.05, 0) is 18.4 Å². The predicted molar refractivity (Wildman–Crippen MR) is 77.4 cm³/mol. The lowest BCUT2D eigenvalue weighted by Gasteiger charge is -2.35. The van der Waals surface area contributed by atoms with Crippen molar-refractivity contribution in [2.75, 3.05) is 5.88 Å². The second-order valence-corrected chi connectivity index (χ2v) is 4.76. The van der Waals surface area contributed by atoms with E-state index in [9.17, 15) is 14.7 Å². The molecule has 0 saturated heterocycles. The third-order valence-corrected chi connectivity index (χ3v) is 3.71. The van der Waals surface area contributed by atoms with Crippen molar-refractivity contribution in [2.24, 2.45) is 10.4 Å². The Labute approximate surface area is 122 Å². The first-order chi connectivity index (χ1) is 9.43. The highest BCUT2D eigenvalue weighted by Gasteiger charge is 2.42. The normalized spacial score (nSPS) is 25.4. The summed E-state index contributed by atoms with van der Waals surface area (Å²) in [5.41, 5.74) is -0.628. The van der Waals surface area contributed by atoms with Gasteiger partial charge in [0, 0.05) is 17.5 Å². The number of hydrogen-bond donors (Lipinski definition) is 2. The van der Waals surface area contributed by atoms with Crippen LogP contribution in [0.3, 0.4) is 0 Å². The van der Waals surface area contributed by atoms with Crippen molar-refractivity contribution in [1.29, 1.82) is 0 Å². The second-order valence-electron chi connectivity index (χ2n) is 4.49. The van der Waals surface area contributed by atoms with Gasteiger partial charge >= 0.3 is 11.9 Å². The van der Waals surface area contributed by atoms with Crippen LogP contribution in [0.4, 0.5) is 0 Å². The van der Waals surface area contributed by atoms with Gasteiger partial charge in [-0.1, -0.05) is 12.2 Å². The summed E-state index contributed by atoms with van der Waals surface area (Å²) in [5.74, 6) is -2.51. The molecule has 0 spiro atoms. The third kappa shape index (κ3) is 2.82. The average molecular weight is 298 g/mol. The molecule has 0 amide bonds. The van der Waals surface area contributed by atoms with Crippen molar-refractivity contribution >= 4 is 29.8 Å². The zero-order chi connectivity index (χ0) is 15.3. The smallest absolute Gasteiger partial charge is 0.334 e. The van der Waals surface area contributed by atoms with Crippen molar-refractivity contribution in [2.45, 2.75) is 18.9 Å². The fraction of sp³-hybridized carbons (Fsp3) is 0.357. The molecule has 0 radical (unpaired) electrons. The Morgan fingerprint density at radius 1 is 1.40 bits per heavy atom. The van der Waals surface area contributed by atoms with E-state index >= 15 is 0 Å².